The third-order valence-electron chi connectivity index (χ3n) is 2.01. The van der Waals surface area contributed by atoms with E-state index in [4.69, 9.17) is 16.7 Å². The van der Waals surface area contributed by atoms with Gasteiger partial charge in [-0.05, 0) is 18.2 Å². The zero-order valence-corrected chi connectivity index (χ0v) is 10.2. The van der Waals surface area contributed by atoms with Crippen molar-refractivity contribution < 1.29 is 9.90 Å². The van der Waals surface area contributed by atoms with Crippen molar-refractivity contribution in [2.24, 2.45) is 0 Å². The van der Waals surface area contributed by atoms with E-state index in [1.54, 1.807) is 12.1 Å². The van der Waals surface area contributed by atoms with Gasteiger partial charge in [0, 0.05) is 22.0 Å². The molecule has 0 fully saturated rings. The molecule has 0 unspecified atom stereocenters. The van der Waals surface area contributed by atoms with Crippen molar-refractivity contribution in [3.05, 3.63) is 46.4 Å². The van der Waals surface area contributed by atoms with Crippen LogP contribution >= 0.6 is 22.9 Å². The molecule has 1 aromatic heterocycles. The summed E-state index contributed by atoms with van der Waals surface area (Å²) in [5.74, 6) is -0.981. The maximum absolute atomic E-state index is 10.4. The number of benzene rings is 1. The van der Waals surface area contributed by atoms with Crippen LogP contribution in [0.15, 0.2) is 35.7 Å². The van der Waals surface area contributed by atoms with Crippen LogP contribution in [0.5, 0.6) is 0 Å². The van der Waals surface area contributed by atoms with Gasteiger partial charge in [0.25, 0.3) is 0 Å². The number of carboxylic acid groups (broad SMARTS) is 1. The summed E-state index contributed by atoms with van der Waals surface area (Å²) < 4.78 is 0. The summed E-state index contributed by atoms with van der Waals surface area (Å²) in [5.41, 5.74) is 1.61. The average Bonchev–Trinajstić information content (AvgIpc) is 2.76. The lowest BCUT2D eigenvalue weighted by molar-refractivity contribution is -0.131. The van der Waals surface area contributed by atoms with Crippen LogP contribution in [0.3, 0.4) is 0 Å². The molecule has 1 N–H and O–H groups in total. The van der Waals surface area contributed by atoms with Gasteiger partial charge in [0.05, 0.1) is 5.69 Å². The Morgan fingerprint density at radius 3 is 2.71 bits per heavy atom. The Morgan fingerprint density at radius 1 is 1.35 bits per heavy atom. The number of hydrogen-bond acceptors (Lipinski definition) is 3. The fourth-order valence-electron chi connectivity index (χ4n) is 1.24. The summed E-state index contributed by atoms with van der Waals surface area (Å²) in [7, 11) is 0. The van der Waals surface area contributed by atoms with Gasteiger partial charge in [-0.3, -0.25) is 0 Å². The van der Waals surface area contributed by atoms with Crippen molar-refractivity contribution in [3.8, 4) is 10.6 Å². The third kappa shape index (κ3) is 3.15. The summed E-state index contributed by atoms with van der Waals surface area (Å²) in [5, 5.41) is 11.8. The molecule has 3 nitrogen and oxygen atoms in total. The average molecular weight is 266 g/mol. The maximum atomic E-state index is 10.4. The number of halogens is 1. The lowest BCUT2D eigenvalue weighted by Crippen LogP contribution is -1.85. The molecule has 86 valence electrons. The van der Waals surface area contributed by atoms with E-state index in [0.717, 1.165) is 16.6 Å². The summed E-state index contributed by atoms with van der Waals surface area (Å²) >= 11 is 7.26. The Bertz CT molecular complexity index is 560. The smallest absolute Gasteiger partial charge is 0.328 e. The first-order valence-electron chi connectivity index (χ1n) is 4.77. The van der Waals surface area contributed by atoms with E-state index in [1.807, 2.05) is 17.5 Å². The van der Waals surface area contributed by atoms with Crippen LogP contribution in [-0.2, 0) is 4.79 Å². The minimum absolute atomic E-state index is 0.641. The minimum Gasteiger partial charge on any atom is -0.478 e. The molecule has 5 heteroatoms. The van der Waals surface area contributed by atoms with E-state index in [9.17, 15) is 4.79 Å². The molecule has 0 atom stereocenters. The normalized spacial score (nSPS) is 10.9. The fourth-order valence-corrected chi connectivity index (χ4v) is 2.16. The van der Waals surface area contributed by atoms with Gasteiger partial charge in [-0.25, -0.2) is 9.78 Å². The zero-order chi connectivity index (χ0) is 12.3. The largest absolute Gasteiger partial charge is 0.478 e. The minimum atomic E-state index is -0.981. The molecule has 17 heavy (non-hydrogen) atoms. The van der Waals surface area contributed by atoms with Crippen molar-refractivity contribution in [2.75, 3.05) is 0 Å². The zero-order valence-electron chi connectivity index (χ0n) is 8.63. The Kier molecular flexibility index (Phi) is 3.56. The standard InChI is InChI=1S/C12H8ClNO2S/c13-9-3-1-8(2-4-9)12-14-10(7-17-12)5-6-11(15)16/h1-7H,(H,15,16). The summed E-state index contributed by atoms with van der Waals surface area (Å²) in [6.07, 6.45) is 2.54. The highest BCUT2D eigenvalue weighted by Crippen LogP contribution is 2.25. The Labute approximate surface area is 107 Å². The number of carboxylic acids is 1. The van der Waals surface area contributed by atoms with Crippen molar-refractivity contribution in [1.82, 2.24) is 4.98 Å². The second kappa shape index (κ2) is 5.12. The van der Waals surface area contributed by atoms with E-state index in [1.165, 1.54) is 17.4 Å². The van der Waals surface area contributed by atoms with Crippen LogP contribution < -0.4 is 0 Å². The van der Waals surface area contributed by atoms with Gasteiger partial charge in [-0.15, -0.1) is 11.3 Å². The van der Waals surface area contributed by atoms with Crippen molar-refractivity contribution in [1.29, 1.82) is 0 Å². The first-order chi connectivity index (χ1) is 8.15. The van der Waals surface area contributed by atoms with Crippen LogP contribution in [-0.4, -0.2) is 16.1 Å². The molecule has 0 aliphatic heterocycles. The molecule has 0 saturated heterocycles. The molecule has 0 spiro atoms. The second-order valence-corrected chi connectivity index (χ2v) is 4.55. The second-order valence-electron chi connectivity index (χ2n) is 3.26. The first-order valence-corrected chi connectivity index (χ1v) is 6.03. The topological polar surface area (TPSA) is 50.2 Å². The van der Waals surface area contributed by atoms with Crippen molar-refractivity contribution in [2.45, 2.75) is 0 Å². The molecule has 1 aromatic carbocycles. The molecule has 2 rings (SSSR count). The molecule has 0 saturated carbocycles. The Morgan fingerprint density at radius 2 is 2.06 bits per heavy atom. The van der Waals surface area contributed by atoms with Crippen molar-refractivity contribution in [3.63, 3.8) is 0 Å². The van der Waals surface area contributed by atoms with E-state index in [2.05, 4.69) is 4.98 Å². The number of nitrogens with zero attached hydrogens (tertiary/aromatic N) is 1. The summed E-state index contributed by atoms with van der Waals surface area (Å²) in [6, 6.07) is 7.35. The van der Waals surface area contributed by atoms with Gasteiger partial charge >= 0.3 is 5.97 Å². The number of rotatable bonds is 3. The highest BCUT2D eigenvalue weighted by Gasteiger charge is 2.03. The van der Waals surface area contributed by atoms with Gasteiger partial charge in [0.2, 0.25) is 0 Å². The lowest BCUT2D eigenvalue weighted by Gasteiger charge is -1.95. The SMILES string of the molecule is O=C(O)C=Cc1csc(-c2ccc(Cl)cc2)n1. The number of carbonyl (C=O) groups is 1. The van der Waals surface area contributed by atoms with Crippen LogP contribution in [0, 0.1) is 0 Å². The molecule has 0 aliphatic rings. The molecular formula is C12H8ClNO2S. The van der Waals surface area contributed by atoms with Crippen molar-refractivity contribution >= 4 is 35.0 Å². The fraction of sp³-hybridized carbons (Fsp3) is 0. The molecule has 1 heterocycles. The summed E-state index contributed by atoms with van der Waals surface area (Å²) in [4.78, 5) is 14.7. The van der Waals surface area contributed by atoms with E-state index in [-0.39, 0.29) is 0 Å². The highest BCUT2D eigenvalue weighted by atomic mass is 35.5. The first kappa shape index (κ1) is 11.8. The molecule has 0 bridgehead atoms. The van der Waals surface area contributed by atoms with Crippen LogP contribution in [0.2, 0.25) is 5.02 Å². The van der Waals surface area contributed by atoms with Gasteiger partial charge in [-0.2, -0.15) is 0 Å². The lowest BCUT2D eigenvalue weighted by atomic mass is 10.2. The predicted octanol–water partition coefficient (Wildman–Crippen LogP) is 3.56. The van der Waals surface area contributed by atoms with Gasteiger partial charge < -0.3 is 5.11 Å². The number of hydrogen-bond donors (Lipinski definition) is 1. The monoisotopic (exact) mass is 265 g/mol. The number of thiazole rings is 1. The van der Waals surface area contributed by atoms with Crippen LogP contribution in [0.1, 0.15) is 5.69 Å². The Hall–Kier alpha value is -1.65. The van der Waals surface area contributed by atoms with Crippen LogP contribution in [0.25, 0.3) is 16.6 Å². The Balaban J connectivity index is 2.23. The number of aromatic nitrogens is 1. The van der Waals surface area contributed by atoms with Crippen LogP contribution in [0.4, 0.5) is 0 Å². The van der Waals surface area contributed by atoms with E-state index >= 15 is 0 Å². The highest BCUT2D eigenvalue weighted by molar-refractivity contribution is 7.13. The quantitative estimate of drug-likeness (QED) is 0.864. The van der Waals surface area contributed by atoms with Gasteiger partial charge in [0.15, 0.2) is 0 Å². The molecule has 0 aliphatic carbocycles. The maximum Gasteiger partial charge on any atom is 0.328 e. The van der Waals surface area contributed by atoms with Gasteiger partial charge in [0.1, 0.15) is 5.01 Å². The summed E-state index contributed by atoms with van der Waals surface area (Å²) in [6.45, 7) is 0. The molecule has 0 radical (unpaired) electrons. The number of aliphatic carboxylic acids is 1. The van der Waals surface area contributed by atoms with E-state index in [0.29, 0.717) is 10.7 Å². The third-order valence-corrected chi connectivity index (χ3v) is 3.17. The van der Waals surface area contributed by atoms with Gasteiger partial charge in [-0.1, -0.05) is 23.7 Å². The molecule has 2 aromatic rings. The van der Waals surface area contributed by atoms with E-state index < -0.39 is 5.97 Å². The molecular weight excluding hydrogens is 258 g/mol. The molecule has 0 amide bonds. The predicted molar refractivity (Wildman–Crippen MR) is 69.2 cm³/mol.